The molecular formula is C20H23N3O2S. The molecule has 1 aliphatic heterocycles. The van der Waals surface area contributed by atoms with Crippen molar-refractivity contribution in [1.82, 2.24) is 5.01 Å². The molecular weight excluding hydrogens is 346 g/mol. The molecule has 0 aromatic heterocycles. The summed E-state index contributed by atoms with van der Waals surface area (Å²) in [6.07, 6.45) is 2.19. The van der Waals surface area contributed by atoms with Crippen molar-refractivity contribution in [2.45, 2.75) is 12.8 Å². The van der Waals surface area contributed by atoms with Gasteiger partial charge >= 0.3 is 0 Å². The van der Waals surface area contributed by atoms with E-state index in [1.54, 1.807) is 19.2 Å². The van der Waals surface area contributed by atoms with Crippen molar-refractivity contribution in [2.75, 3.05) is 20.8 Å². The van der Waals surface area contributed by atoms with Gasteiger partial charge in [-0.05, 0) is 54.9 Å². The first-order valence-corrected chi connectivity index (χ1v) is 8.95. The van der Waals surface area contributed by atoms with Gasteiger partial charge in [-0.3, -0.25) is 0 Å². The lowest BCUT2D eigenvalue weighted by atomic mass is 9.82. The van der Waals surface area contributed by atoms with Gasteiger partial charge in [-0.15, -0.1) is 0 Å². The monoisotopic (exact) mass is 369 g/mol. The second kappa shape index (κ2) is 8.19. The maximum Gasteiger partial charge on any atom is 0.186 e. The SMILES string of the molecule is COc1ccc2c(c1)C1=NN(C(N)=S)CC1CC2.COc1ccccc1. The minimum absolute atomic E-state index is 0.348. The summed E-state index contributed by atoms with van der Waals surface area (Å²) in [7, 11) is 3.34. The summed E-state index contributed by atoms with van der Waals surface area (Å²) in [6.45, 7) is 0.807. The Bertz CT molecular complexity index is 808. The first-order chi connectivity index (χ1) is 12.6. The zero-order valence-corrected chi connectivity index (χ0v) is 15.8. The van der Waals surface area contributed by atoms with E-state index in [0.717, 1.165) is 36.6 Å². The molecule has 2 aromatic rings. The van der Waals surface area contributed by atoms with Gasteiger partial charge in [-0.1, -0.05) is 24.3 Å². The number of thiocarbonyl (C=S) groups is 1. The molecule has 1 atom stereocenters. The summed E-state index contributed by atoms with van der Waals surface area (Å²) >= 11 is 5.00. The Kier molecular flexibility index (Phi) is 5.73. The van der Waals surface area contributed by atoms with E-state index in [1.807, 2.05) is 36.4 Å². The van der Waals surface area contributed by atoms with Crippen LogP contribution in [0.3, 0.4) is 0 Å². The van der Waals surface area contributed by atoms with Crippen molar-refractivity contribution in [2.24, 2.45) is 16.8 Å². The van der Waals surface area contributed by atoms with E-state index < -0.39 is 0 Å². The summed E-state index contributed by atoms with van der Waals surface area (Å²) in [6, 6.07) is 15.9. The van der Waals surface area contributed by atoms with E-state index in [9.17, 15) is 0 Å². The zero-order chi connectivity index (χ0) is 18.5. The Morgan fingerprint density at radius 2 is 1.85 bits per heavy atom. The molecule has 0 spiro atoms. The van der Waals surface area contributed by atoms with Crippen LogP contribution in [-0.4, -0.2) is 36.6 Å². The van der Waals surface area contributed by atoms with Crippen molar-refractivity contribution < 1.29 is 9.47 Å². The maximum atomic E-state index is 5.65. The number of benzene rings is 2. The predicted octanol–water partition coefficient (Wildman–Crippen LogP) is 3.22. The number of hydrogen-bond acceptors (Lipinski definition) is 4. The molecule has 0 saturated carbocycles. The first-order valence-electron chi connectivity index (χ1n) is 8.54. The standard InChI is InChI=1S/C13H15N3OS.C7H8O/c1-17-10-5-4-8-2-3-9-7-16(13(14)18)15-12(9)11(8)6-10;1-8-7-5-3-2-4-6-7/h4-6,9H,2-3,7H2,1H3,(H2,14,18);2-6H,1H3. The normalized spacial score (nSPS) is 17.2. The first kappa shape index (κ1) is 18.2. The second-order valence-electron chi connectivity index (χ2n) is 6.18. The number of nitrogens with zero attached hydrogens (tertiary/aromatic N) is 2. The third kappa shape index (κ3) is 3.96. The number of hydrazone groups is 1. The van der Waals surface area contributed by atoms with E-state index >= 15 is 0 Å². The van der Waals surface area contributed by atoms with Crippen molar-refractivity contribution in [3.63, 3.8) is 0 Å². The average molecular weight is 369 g/mol. The minimum atomic E-state index is 0.348. The fourth-order valence-electron chi connectivity index (χ4n) is 3.21. The molecule has 0 radical (unpaired) electrons. The predicted molar refractivity (Wildman–Crippen MR) is 108 cm³/mol. The molecule has 136 valence electrons. The van der Waals surface area contributed by atoms with Crippen LogP contribution in [0.1, 0.15) is 17.5 Å². The molecule has 0 saturated heterocycles. The lowest BCUT2D eigenvalue weighted by molar-refractivity contribution is 0.414. The topological polar surface area (TPSA) is 60.1 Å². The maximum absolute atomic E-state index is 5.65. The lowest BCUT2D eigenvalue weighted by Gasteiger charge is -2.21. The van der Waals surface area contributed by atoms with Crippen LogP contribution in [0.25, 0.3) is 0 Å². The molecule has 2 aliphatic rings. The highest BCUT2D eigenvalue weighted by atomic mass is 32.1. The molecule has 2 N–H and O–H groups in total. The molecule has 1 heterocycles. The third-order valence-corrected chi connectivity index (χ3v) is 4.81. The van der Waals surface area contributed by atoms with Crippen LogP contribution in [0, 0.1) is 5.92 Å². The lowest BCUT2D eigenvalue weighted by Crippen LogP contribution is -2.31. The van der Waals surface area contributed by atoms with Crippen LogP contribution in [-0.2, 0) is 6.42 Å². The number of aryl methyl sites for hydroxylation is 1. The number of rotatable bonds is 2. The number of ether oxygens (including phenoxy) is 2. The van der Waals surface area contributed by atoms with Gasteiger partial charge in [0.2, 0.25) is 0 Å². The number of hydrogen-bond donors (Lipinski definition) is 1. The summed E-state index contributed by atoms with van der Waals surface area (Å²) < 4.78 is 10.2. The fraction of sp³-hybridized carbons (Fsp3) is 0.300. The highest BCUT2D eigenvalue weighted by Crippen LogP contribution is 2.33. The molecule has 0 amide bonds. The summed E-state index contributed by atoms with van der Waals surface area (Å²) in [4.78, 5) is 0. The van der Waals surface area contributed by atoms with Gasteiger partial charge in [0.25, 0.3) is 0 Å². The van der Waals surface area contributed by atoms with E-state index in [-0.39, 0.29) is 0 Å². The van der Waals surface area contributed by atoms with E-state index in [1.165, 1.54) is 11.1 Å². The van der Waals surface area contributed by atoms with Gasteiger partial charge in [0.1, 0.15) is 11.5 Å². The highest BCUT2D eigenvalue weighted by molar-refractivity contribution is 7.80. The largest absolute Gasteiger partial charge is 0.497 e. The molecule has 0 fully saturated rings. The average Bonchev–Trinajstić information content (AvgIpc) is 3.14. The van der Waals surface area contributed by atoms with Gasteiger partial charge in [0.15, 0.2) is 5.11 Å². The van der Waals surface area contributed by atoms with Crippen molar-refractivity contribution >= 4 is 23.0 Å². The van der Waals surface area contributed by atoms with Crippen LogP contribution in [0.5, 0.6) is 11.5 Å². The molecule has 2 aromatic carbocycles. The van der Waals surface area contributed by atoms with Gasteiger partial charge in [-0.25, -0.2) is 5.01 Å². The van der Waals surface area contributed by atoms with E-state index in [2.05, 4.69) is 17.2 Å². The molecule has 1 aliphatic carbocycles. The van der Waals surface area contributed by atoms with Crippen molar-refractivity contribution in [3.8, 4) is 11.5 Å². The number of para-hydroxylation sites is 1. The Hall–Kier alpha value is -2.60. The van der Waals surface area contributed by atoms with Gasteiger partial charge in [0.05, 0.1) is 26.5 Å². The summed E-state index contributed by atoms with van der Waals surface area (Å²) in [5, 5.41) is 6.63. The molecule has 6 heteroatoms. The Labute approximate surface area is 159 Å². The van der Waals surface area contributed by atoms with Crippen LogP contribution in [0.15, 0.2) is 53.6 Å². The highest BCUT2D eigenvalue weighted by Gasteiger charge is 2.33. The molecule has 26 heavy (non-hydrogen) atoms. The number of nitrogens with two attached hydrogens (primary N) is 1. The minimum Gasteiger partial charge on any atom is -0.497 e. The van der Waals surface area contributed by atoms with E-state index in [0.29, 0.717) is 11.0 Å². The molecule has 4 rings (SSSR count). The van der Waals surface area contributed by atoms with Crippen molar-refractivity contribution in [1.29, 1.82) is 0 Å². The van der Waals surface area contributed by atoms with Gasteiger partial charge < -0.3 is 15.2 Å². The summed E-state index contributed by atoms with van der Waals surface area (Å²) in [5.41, 5.74) is 9.27. The summed E-state index contributed by atoms with van der Waals surface area (Å²) in [5.74, 6) is 2.21. The molecule has 1 unspecified atom stereocenters. The fourth-order valence-corrected chi connectivity index (χ4v) is 3.33. The third-order valence-electron chi connectivity index (χ3n) is 4.60. The van der Waals surface area contributed by atoms with Gasteiger partial charge in [0, 0.05) is 11.5 Å². The second-order valence-corrected chi connectivity index (χ2v) is 6.60. The van der Waals surface area contributed by atoms with Gasteiger partial charge in [-0.2, -0.15) is 5.10 Å². The smallest absolute Gasteiger partial charge is 0.186 e. The van der Waals surface area contributed by atoms with Crippen LogP contribution in [0.4, 0.5) is 0 Å². The molecule has 5 nitrogen and oxygen atoms in total. The zero-order valence-electron chi connectivity index (χ0n) is 15.0. The molecule has 0 bridgehead atoms. The van der Waals surface area contributed by atoms with Crippen LogP contribution < -0.4 is 15.2 Å². The quantitative estimate of drug-likeness (QED) is 0.824. The van der Waals surface area contributed by atoms with Crippen LogP contribution in [0.2, 0.25) is 0 Å². The van der Waals surface area contributed by atoms with Crippen LogP contribution >= 0.6 is 12.2 Å². The Morgan fingerprint density at radius 3 is 2.46 bits per heavy atom. The Balaban J connectivity index is 0.000000206. The Morgan fingerprint density at radius 1 is 1.12 bits per heavy atom. The number of methoxy groups -OCH3 is 2. The van der Waals surface area contributed by atoms with E-state index in [4.69, 9.17) is 27.4 Å². The number of fused-ring (bicyclic) bond motifs is 3. The van der Waals surface area contributed by atoms with Crippen molar-refractivity contribution in [3.05, 3.63) is 59.7 Å².